The van der Waals surface area contributed by atoms with E-state index in [-0.39, 0.29) is 0 Å². The Labute approximate surface area is 130 Å². The lowest BCUT2D eigenvalue weighted by Crippen LogP contribution is -1.93. The van der Waals surface area contributed by atoms with Crippen LogP contribution in [0.25, 0.3) is 0 Å². The molecule has 0 aliphatic rings. The fraction of sp³-hybridized carbons (Fsp3) is 0.133. The van der Waals surface area contributed by atoms with E-state index in [1.165, 1.54) is 0 Å². The van der Waals surface area contributed by atoms with Crippen LogP contribution in [0.3, 0.4) is 0 Å². The first-order valence-electron chi connectivity index (χ1n) is 6.05. The lowest BCUT2D eigenvalue weighted by molar-refractivity contribution is 0.477. The van der Waals surface area contributed by atoms with Gasteiger partial charge in [-0.05, 0) is 45.9 Å². The summed E-state index contributed by atoms with van der Waals surface area (Å²) in [7, 11) is 0. The van der Waals surface area contributed by atoms with Crippen molar-refractivity contribution in [1.29, 1.82) is 5.26 Å². The predicted molar refractivity (Wildman–Crippen MR) is 86.2 cm³/mol. The van der Waals surface area contributed by atoms with Gasteiger partial charge in [-0.2, -0.15) is 5.26 Å². The highest BCUT2D eigenvalue weighted by Gasteiger charge is 2.12. The predicted octanol–water partition coefficient (Wildman–Crippen LogP) is 4.81. The average molecular weight is 349 g/mol. The van der Waals surface area contributed by atoms with E-state index >= 15 is 0 Å². The SMILES string of the molecule is CCSc1cccc(Oc2cccc(N)c2Br)c1C#N. The Hall–Kier alpha value is -1.64. The van der Waals surface area contributed by atoms with Gasteiger partial charge in [0.2, 0.25) is 0 Å². The molecule has 0 fully saturated rings. The van der Waals surface area contributed by atoms with E-state index in [4.69, 9.17) is 10.5 Å². The van der Waals surface area contributed by atoms with E-state index in [0.717, 1.165) is 10.6 Å². The van der Waals surface area contributed by atoms with Gasteiger partial charge in [0.05, 0.1) is 4.47 Å². The van der Waals surface area contributed by atoms with Gasteiger partial charge in [-0.25, -0.2) is 0 Å². The van der Waals surface area contributed by atoms with Crippen LogP contribution in [0.4, 0.5) is 5.69 Å². The van der Waals surface area contributed by atoms with Crippen LogP contribution in [-0.4, -0.2) is 5.75 Å². The summed E-state index contributed by atoms with van der Waals surface area (Å²) in [5.41, 5.74) is 6.97. The molecule has 0 saturated heterocycles. The number of hydrogen-bond donors (Lipinski definition) is 1. The largest absolute Gasteiger partial charge is 0.455 e. The third kappa shape index (κ3) is 3.09. The number of thioether (sulfide) groups is 1. The molecular weight excluding hydrogens is 336 g/mol. The number of nitrogen functional groups attached to an aromatic ring is 1. The van der Waals surface area contributed by atoms with Gasteiger partial charge < -0.3 is 10.5 Å². The number of ether oxygens (including phenoxy) is 1. The molecule has 3 nitrogen and oxygen atoms in total. The molecule has 0 spiro atoms. The van der Waals surface area contributed by atoms with E-state index in [0.29, 0.717) is 27.2 Å². The Morgan fingerprint density at radius 1 is 1.25 bits per heavy atom. The maximum Gasteiger partial charge on any atom is 0.146 e. The van der Waals surface area contributed by atoms with Crippen LogP contribution < -0.4 is 10.5 Å². The summed E-state index contributed by atoms with van der Waals surface area (Å²) in [6.07, 6.45) is 0. The van der Waals surface area contributed by atoms with Crippen molar-refractivity contribution in [3.63, 3.8) is 0 Å². The minimum atomic E-state index is 0.539. The molecule has 102 valence electrons. The molecule has 0 bridgehead atoms. The van der Waals surface area contributed by atoms with Gasteiger partial charge in [0.25, 0.3) is 0 Å². The molecule has 0 saturated carbocycles. The molecule has 2 aromatic carbocycles. The normalized spacial score (nSPS) is 10.1. The van der Waals surface area contributed by atoms with Crippen molar-refractivity contribution >= 4 is 33.4 Å². The molecule has 5 heteroatoms. The first-order chi connectivity index (χ1) is 9.67. The van der Waals surface area contributed by atoms with Gasteiger partial charge in [0, 0.05) is 10.6 Å². The van der Waals surface area contributed by atoms with Crippen molar-refractivity contribution in [3.05, 3.63) is 46.4 Å². The van der Waals surface area contributed by atoms with E-state index in [1.54, 1.807) is 30.0 Å². The Morgan fingerprint density at radius 3 is 2.65 bits per heavy atom. The maximum absolute atomic E-state index is 9.35. The van der Waals surface area contributed by atoms with Gasteiger partial charge in [-0.3, -0.25) is 0 Å². The lowest BCUT2D eigenvalue weighted by atomic mass is 10.2. The number of benzene rings is 2. The molecule has 0 aromatic heterocycles. The van der Waals surface area contributed by atoms with Crippen LogP contribution in [-0.2, 0) is 0 Å². The average Bonchev–Trinajstić information content (AvgIpc) is 2.44. The molecule has 2 rings (SSSR count). The molecule has 0 radical (unpaired) electrons. The van der Waals surface area contributed by atoms with Gasteiger partial charge in [0.1, 0.15) is 23.1 Å². The molecule has 0 atom stereocenters. The van der Waals surface area contributed by atoms with Crippen molar-refractivity contribution < 1.29 is 4.74 Å². The van der Waals surface area contributed by atoms with Crippen molar-refractivity contribution in [3.8, 4) is 17.6 Å². The van der Waals surface area contributed by atoms with E-state index in [1.807, 2.05) is 25.1 Å². The van der Waals surface area contributed by atoms with Crippen LogP contribution in [0.5, 0.6) is 11.5 Å². The number of rotatable bonds is 4. The zero-order chi connectivity index (χ0) is 14.5. The van der Waals surface area contributed by atoms with Crippen LogP contribution in [0.2, 0.25) is 0 Å². The number of halogens is 1. The second-order valence-corrected chi connectivity index (χ2v) is 6.03. The topological polar surface area (TPSA) is 59.0 Å². The highest BCUT2D eigenvalue weighted by Crippen LogP contribution is 2.37. The number of nitrogens with zero attached hydrogens (tertiary/aromatic N) is 1. The van der Waals surface area contributed by atoms with Gasteiger partial charge in [0.15, 0.2) is 0 Å². The fourth-order valence-electron chi connectivity index (χ4n) is 1.71. The minimum Gasteiger partial charge on any atom is -0.455 e. The standard InChI is InChI=1S/C15H13BrN2OS/c1-2-20-14-8-4-6-12(10(14)9-17)19-13-7-3-5-11(18)15(13)16/h3-8H,2,18H2,1H3. The zero-order valence-corrected chi connectivity index (χ0v) is 13.3. The van der Waals surface area contributed by atoms with Crippen LogP contribution in [0, 0.1) is 11.3 Å². The molecule has 0 heterocycles. The highest BCUT2D eigenvalue weighted by atomic mass is 79.9. The molecule has 20 heavy (non-hydrogen) atoms. The molecule has 0 unspecified atom stereocenters. The van der Waals surface area contributed by atoms with Crippen molar-refractivity contribution in [2.24, 2.45) is 0 Å². The lowest BCUT2D eigenvalue weighted by Gasteiger charge is -2.12. The molecule has 2 aromatic rings. The summed E-state index contributed by atoms with van der Waals surface area (Å²) < 4.78 is 6.53. The summed E-state index contributed by atoms with van der Waals surface area (Å²) in [6, 6.07) is 13.2. The Bertz CT molecular complexity index is 667. The zero-order valence-electron chi connectivity index (χ0n) is 10.9. The Morgan fingerprint density at radius 2 is 1.95 bits per heavy atom. The number of anilines is 1. The van der Waals surface area contributed by atoms with Crippen molar-refractivity contribution in [1.82, 2.24) is 0 Å². The number of hydrogen-bond acceptors (Lipinski definition) is 4. The fourth-order valence-corrected chi connectivity index (χ4v) is 2.83. The van der Waals surface area contributed by atoms with E-state index in [9.17, 15) is 5.26 Å². The van der Waals surface area contributed by atoms with Gasteiger partial charge in [-0.1, -0.05) is 19.1 Å². The van der Waals surface area contributed by atoms with Crippen molar-refractivity contribution in [2.75, 3.05) is 11.5 Å². The number of nitrogens with two attached hydrogens (primary N) is 1. The summed E-state index contributed by atoms with van der Waals surface area (Å²) in [4.78, 5) is 0.924. The molecule has 0 aliphatic carbocycles. The summed E-state index contributed by atoms with van der Waals surface area (Å²) in [6.45, 7) is 2.05. The van der Waals surface area contributed by atoms with Gasteiger partial charge >= 0.3 is 0 Å². The Kier molecular flexibility index (Phi) is 4.94. The second kappa shape index (κ2) is 6.69. The quantitative estimate of drug-likeness (QED) is 0.636. The third-order valence-corrected chi connectivity index (χ3v) is 4.40. The third-order valence-electron chi connectivity index (χ3n) is 2.61. The minimum absolute atomic E-state index is 0.539. The van der Waals surface area contributed by atoms with Crippen molar-refractivity contribution in [2.45, 2.75) is 11.8 Å². The molecule has 0 aliphatic heterocycles. The highest BCUT2D eigenvalue weighted by molar-refractivity contribution is 9.10. The monoisotopic (exact) mass is 348 g/mol. The van der Waals surface area contributed by atoms with E-state index in [2.05, 4.69) is 22.0 Å². The Balaban J connectivity index is 2.41. The summed E-state index contributed by atoms with van der Waals surface area (Å²) in [5, 5.41) is 9.35. The molecule has 0 amide bonds. The summed E-state index contributed by atoms with van der Waals surface area (Å²) >= 11 is 5.01. The molecular formula is C15H13BrN2OS. The first kappa shape index (κ1) is 14.8. The second-order valence-electron chi connectivity index (χ2n) is 3.94. The maximum atomic E-state index is 9.35. The molecule has 2 N–H and O–H groups in total. The van der Waals surface area contributed by atoms with Crippen LogP contribution >= 0.6 is 27.7 Å². The smallest absolute Gasteiger partial charge is 0.146 e. The summed E-state index contributed by atoms with van der Waals surface area (Å²) in [5.74, 6) is 2.04. The van der Waals surface area contributed by atoms with Crippen LogP contribution in [0.1, 0.15) is 12.5 Å². The number of nitriles is 1. The van der Waals surface area contributed by atoms with Crippen LogP contribution in [0.15, 0.2) is 45.8 Å². The first-order valence-corrected chi connectivity index (χ1v) is 7.83. The van der Waals surface area contributed by atoms with Gasteiger partial charge in [-0.15, -0.1) is 11.8 Å². The van der Waals surface area contributed by atoms with E-state index < -0.39 is 0 Å².